The number of benzene rings is 2. The Balaban J connectivity index is 1.69. The van der Waals surface area contributed by atoms with Crippen molar-refractivity contribution in [2.75, 3.05) is 33.4 Å². The van der Waals surface area contributed by atoms with Gasteiger partial charge in [0.05, 0.1) is 13.2 Å². The van der Waals surface area contributed by atoms with Crippen LogP contribution in [0.1, 0.15) is 11.6 Å². The Morgan fingerprint density at radius 1 is 1.24 bits per heavy atom. The monoisotopic (exact) mass is 360 g/mol. The van der Waals surface area contributed by atoms with Crippen LogP contribution in [0, 0.1) is 0 Å². The van der Waals surface area contributed by atoms with E-state index in [4.69, 9.17) is 21.1 Å². The summed E-state index contributed by atoms with van der Waals surface area (Å²) >= 11 is 6.32. The largest absolute Gasteiger partial charge is 0.497 e. The Morgan fingerprint density at radius 2 is 2.04 bits per heavy atom. The molecule has 1 heterocycles. The molecule has 1 unspecified atom stereocenters. The molecule has 5 nitrogen and oxygen atoms in total. The molecule has 6 heteroatoms. The Hall–Kier alpha value is -2.24. The van der Waals surface area contributed by atoms with Gasteiger partial charge in [0.2, 0.25) is 0 Å². The third-order valence-electron chi connectivity index (χ3n) is 4.23. The number of methoxy groups -OCH3 is 1. The van der Waals surface area contributed by atoms with Gasteiger partial charge >= 0.3 is 0 Å². The minimum absolute atomic E-state index is 0.0197. The van der Waals surface area contributed by atoms with Crippen LogP contribution in [0.25, 0.3) is 0 Å². The topological polar surface area (TPSA) is 50.8 Å². The van der Waals surface area contributed by atoms with Gasteiger partial charge in [0, 0.05) is 30.7 Å². The van der Waals surface area contributed by atoms with E-state index in [1.165, 1.54) is 0 Å². The van der Waals surface area contributed by atoms with E-state index in [1.807, 2.05) is 41.3 Å². The number of halogens is 1. The van der Waals surface area contributed by atoms with Gasteiger partial charge in [-0.1, -0.05) is 35.9 Å². The molecule has 0 bridgehead atoms. The smallest absolute Gasteiger partial charge is 0.261 e. The van der Waals surface area contributed by atoms with Gasteiger partial charge in [0.15, 0.2) is 6.61 Å². The highest BCUT2D eigenvalue weighted by Crippen LogP contribution is 2.28. The zero-order valence-corrected chi connectivity index (χ0v) is 14.8. The van der Waals surface area contributed by atoms with Crippen molar-refractivity contribution < 1.29 is 14.3 Å². The fourth-order valence-corrected chi connectivity index (χ4v) is 3.21. The second-order valence-electron chi connectivity index (χ2n) is 5.80. The van der Waals surface area contributed by atoms with E-state index < -0.39 is 0 Å². The summed E-state index contributed by atoms with van der Waals surface area (Å²) in [6.07, 6.45) is 0. The van der Waals surface area contributed by atoms with E-state index >= 15 is 0 Å². The molecule has 1 saturated heterocycles. The first kappa shape index (κ1) is 17.6. The van der Waals surface area contributed by atoms with Crippen LogP contribution in [-0.4, -0.2) is 44.2 Å². The van der Waals surface area contributed by atoms with Crippen LogP contribution in [0.15, 0.2) is 48.5 Å². The zero-order chi connectivity index (χ0) is 17.6. The maximum absolute atomic E-state index is 12.7. The van der Waals surface area contributed by atoms with Crippen LogP contribution in [0.5, 0.6) is 11.5 Å². The maximum Gasteiger partial charge on any atom is 0.261 e. The number of rotatable bonds is 5. The fourth-order valence-electron chi connectivity index (χ4n) is 2.94. The van der Waals surface area contributed by atoms with Crippen molar-refractivity contribution in [2.24, 2.45) is 0 Å². The van der Waals surface area contributed by atoms with E-state index in [0.29, 0.717) is 29.6 Å². The Morgan fingerprint density at radius 3 is 2.84 bits per heavy atom. The van der Waals surface area contributed by atoms with E-state index in [2.05, 4.69) is 5.32 Å². The average molecular weight is 361 g/mol. The van der Waals surface area contributed by atoms with Crippen molar-refractivity contribution in [2.45, 2.75) is 6.04 Å². The predicted octanol–water partition coefficient (Wildman–Crippen LogP) is 2.90. The molecule has 0 aliphatic carbocycles. The third kappa shape index (κ3) is 4.24. The molecule has 2 aromatic carbocycles. The summed E-state index contributed by atoms with van der Waals surface area (Å²) in [5.74, 6) is 1.24. The molecule has 3 rings (SSSR count). The van der Waals surface area contributed by atoms with Crippen molar-refractivity contribution >= 4 is 17.5 Å². The van der Waals surface area contributed by atoms with Gasteiger partial charge in [-0.15, -0.1) is 0 Å². The molecular weight excluding hydrogens is 340 g/mol. The Kier molecular flexibility index (Phi) is 5.79. The number of piperazine rings is 1. The van der Waals surface area contributed by atoms with Crippen molar-refractivity contribution in [1.82, 2.24) is 10.2 Å². The van der Waals surface area contributed by atoms with Gasteiger partial charge in [-0.05, 0) is 23.8 Å². The number of ether oxygens (including phenoxy) is 2. The van der Waals surface area contributed by atoms with Crippen molar-refractivity contribution in [1.29, 1.82) is 0 Å². The Labute approximate surface area is 152 Å². The lowest BCUT2D eigenvalue weighted by Crippen LogP contribution is -2.50. The molecule has 1 N–H and O–H groups in total. The second kappa shape index (κ2) is 8.23. The highest BCUT2D eigenvalue weighted by molar-refractivity contribution is 6.31. The van der Waals surface area contributed by atoms with Crippen molar-refractivity contribution in [3.8, 4) is 11.5 Å². The summed E-state index contributed by atoms with van der Waals surface area (Å²) in [6, 6.07) is 14.8. The molecule has 1 amide bonds. The van der Waals surface area contributed by atoms with Crippen LogP contribution < -0.4 is 14.8 Å². The maximum atomic E-state index is 12.7. The van der Waals surface area contributed by atoms with Gasteiger partial charge in [-0.3, -0.25) is 4.79 Å². The van der Waals surface area contributed by atoms with Crippen LogP contribution >= 0.6 is 11.6 Å². The number of carbonyl (C=O) groups excluding carboxylic acids is 1. The Bertz CT molecular complexity index is 738. The summed E-state index contributed by atoms with van der Waals surface area (Å²) in [5.41, 5.74) is 0.950. The minimum Gasteiger partial charge on any atom is -0.497 e. The summed E-state index contributed by atoms with van der Waals surface area (Å²) in [7, 11) is 1.60. The standard InChI is InChI=1S/C19H21ClN2O3/c1-24-14-5-4-6-15(11-14)25-13-19(23)22-10-9-21-12-18(22)16-7-2-3-8-17(16)20/h2-8,11,18,21H,9-10,12-13H2,1H3. The fraction of sp³-hybridized carbons (Fsp3) is 0.316. The van der Waals surface area contributed by atoms with Crippen LogP contribution in [-0.2, 0) is 4.79 Å². The SMILES string of the molecule is COc1cccc(OCC(=O)N2CCNCC2c2ccccc2Cl)c1. The predicted molar refractivity (Wildman–Crippen MR) is 97.3 cm³/mol. The quantitative estimate of drug-likeness (QED) is 0.890. The van der Waals surface area contributed by atoms with Gasteiger partial charge in [0.25, 0.3) is 5.91 Å². The minimum atomic E-state index is -0.0936. The third-order valence-corrected chi connectivity index (χ3v) is 4.58. The molecule has 1 fully saturated rings. The number of hydrogen-bond donors (Lipinski definition) is 1. The summed E-state index contributed by atoms with van der Waals surface area (Å²) in [6.45, 7) is 2.03. The number of hydrogen-bond acceptors (Lipinski definition) is 4. The van der Waals surface area contributed by atoms with E-state index in [-0.39, 0.29) is 18.6 Å². The van der Waals surface area contributed by atoms with Crippen molar-refractivity contribution in [3.05, 3.63) is 59.1 Å². The molecule has 0 aromatic heterocycles. The molecule has 0 radical (unpaired) electrons. The second-order valence-corrected chi connectivity index (χ2v) is 6.20. The number of nitrogens with zero attached hydrogens (tertiary/aromatic N) is 1. The molecular formula is C19H21ClN2O3. The lowest BCUT2D eigenvalue weighted by Gasteiger charge is -2.36. The molecule has 1 aliphatic heterocycles. The van der Waals surface area contributed by atoms with E-state index in [9.17, 15) is 4.79 Å². The normalized spacial score (nSPS) is 17.2. The first-order valence-corrected chi connectivity index (χ1v) is 8.58. The molecule has 0 saturated carbocycles. The van der Waals surface area contributed by atoms with Gasteiger partial charge < -0.3 is 19.7 Å². The van der Waals surface area contributed by atoms with Gasteiger partial charge in [-0.25, -0.2) is 0 Å². The average Bonchev–Trinajstić information content (AvgIpc) is 2.66. The highest BCUT2D eigenvalue weighted by Gasteiger charge is 2.29. The molecule has 2 aromatic rings. The zero-order valence-electron chi connectivity index (χ0n) is 14.1. The highest BCUT2D eigenvalue weighted by atomic mass is 35.5. The van der Waals surface area contributed by atoms with Gasteiger partial charge in [0.1, 0.15) is 11.5 Å². The van der Waals surface area contributed by atoms with E-state index in [0.717, 1.165) is 12.1 Å². The molecule has 132 valence electrons. The summed E-state index contributed by atoms with van der Waals surface area (Å²) in [5, 5.41) is 3.99. The van der Waals surface area contributed by atoms with Crippen LogP contribution in [0.3, 0.4) is 0 Å². The molecule has 0 spiro atoms. The lowest BCUT2D eigenvalue weighted by atomic mass is 10.0. The molecule has 25 heavy (non-hydrogen) atoms. The number of carbonyl (C=O) groups is 1. The van der Waals surface area contributed by atoms with Crippen LogP contribution in [0.2, 0.25) is 5.02 Å². The van der Waals surface area contributed by atoms with E-state index in [1.54, 1.807) is 19.2 Å². The lowest BCUT2D eigenvalue weighted by molar-refractivity contribution is -0.136. The number of nitrogens with one attached hydrogen (secondary N) is 1. The summed E-state index contributed by atoms with van der Waals surface area (Å²) in [4.78, 5) is 14.6. The number of amides is 1. The molecule has 1 atom stereocenters. The first-order chi connectivity index (χ1) is 12.2. The summed E-state index contributed by atoms with van der Waals surface area (Å²) < 4.78 is 10.8. The first-order valence-electron chi connectivity index (χ1n) is 8.20. The molecule has 1 aliphatic rings. The van der Waals surface area contributed by atoms with Gasteiger partial charge in [-0.2, -0.15) is 0 Å². The van der Waals surface area contributed by atoms with Crippen molar-refractivity contribution in [3.63, 3.8) is 0 Å². The van der Waals surface area contributed by atoms with Crippen LogP contribution in [0.4, 0.5) is 0 Å².